The molecule has 0 unspecified atom stereocenters. The first-order valence-corrected chi connectivity index (χ1v) is 6.25. The highest BCUT2D eigenvalue weighted by atomic mass is 16.3. The Morgan fingerprint density at radius 1 is 1.53 bits per heavy atom. The maximum absolute atomic E-state index is 5.26. The number of aliphatic imine (C=N–C) groups is 1. The van der Waals surface area contributed by atoms with Crippen molar-refractivity contribution in [1.29, 1.82) is 0 Å². The average Bonchev–Trinajstić information content (AvgIpc) is 2.97. The van der Waals surface area contributed by atoms with Gasteiger partial charge in [0.1, 0.15) is 5.76 Å². The van der Waals surface area contributed by atoms with Crippen LogP contribution in [0.3, 0.4) is 0 Å². The molecule has 1 aromatic rings. The lowest BCUT2D eigenvalue weighted by atomic mass is 10.3. The zero-order valence-electron chi connectivity index (χ0n) is 10.8. The first-order chi connectivity index (χ1) is 8.15. The molecule has 2 N–H and O–H groups in total. The Bertz CT molecular complexity index is 385. The molecule has 0 spiro atoms. The first kappa shape index (κ1) is 12.0. The quantitative estimate of drug-likeness (QED) is 0.621. The van der Waals surface area contributed by atoms with Crippen molar-refractivity contribution in [2.45, 2.75) is 52.2 Å². The molecule has 4 heteroatoms. The van der Waals surface area contributed by atoms with Crippen LogP contribution in [-0.2, 0) is 6.54 Å². The van der Waals surface area contributed by atoms with Gasteiger partial charge in [-0.1, -0.05) is 0 Å². The topological polar surface area (TPSA) is 49.6 Å². The lowest BCUT2D eigenvalue weighted by Gasteiger charge is -2.14. The third kappa shape index (κ3) is 3.80. The normalized spacial score (nSPS) is 16.4. The summed E-state index contributed by atoms with van der Waals surface area (Å²) in [5.41, 5.74) is 1.14. The molecule has 2 rings (SSSR count). The summed E-state index contributed by atoms with van der Waals surface area (Å²) in [5.74, 6) is 1.85. The predicted molar refractivity (Wildman–Crippen MR) is 69.0 cm³/mol. The Morgan fingerprint density at radius 2 is 2.29 bits per heavy atom. The van der Waals surface area contributed by atoms with Crippen molar-refractivity contribution < 1.29 is 4.42 Å². The van der Waals surface area contributed by atoms with Crippen molar-refractivity contribution in [3.8, 4) is 0 Å². The number of nitrogens with zero attached hydrogens (tertiary/aromatic N) is 1. The fraction of sp³-hybridized carbons (Fsp3) is 0.615. The Morgan fingerprint density at radius 3 is 2.82 bits per heavy atom. The summed E-state index contributed by atoms with van der Waals surface area (Å²) in [6.45, 7) is 6.87. The van der Waals surface area contributed by atoms with Crippen molar-refractivity contribution in [3.63, 3.8) is 0 Å². The van der Waals surface area contributed by atoms with Crippen LogP contribution < -0.4 is 10.6 Å². The van der Waals surface area contributed by atoms with Gasteiger partial charge in [0.25, 0.3) is 0 Å². The molecule has 1 aromatic heterocycles. The molecule has 0 atom stereocenters. The van der Waals surface area contributed by atoms with Crippen LogP contribution in [0.5, 0.6) is 0 Å². The van der Waals surface area contributed by atoms with Gasteiger partial charge in [-0.05, 0) is 39.7 Å². The second-order valence-electron chi connectivity index (χ2n) is 4.88. The van der Waals surface area contributed by atoms with Crippen LogP contribution in [0.2, 0.25) is 0 Å². The number of nitrogens with one attached hydrogen (secondary N) is 2. The number of aryl methyl sites for hydroxylation is 1. The van der Waals surface area contributed by atoms with Crippen molar-refractivity contribution in [2.24, 2.45) is 4.99 Å². The molecule has 1 heterocycles. The van der Waals surface area contributed by atoms with Crippen molar-refractivity contribution in [1.82, 2.24) is 10.6 Å². The molecule has 1 saturated carbocycles. The molecule has 94 valence electrons. The van der Waals surface area contributed by atoms with E-state index in [4.69, 9.17) is 4.42 Å². The van der Waals surface area contributed by atoms with E-state index < -0.39 is 0 Å². The molecule has 1 fully saturated rings. The Kier molecular flexibility index (Phi) is 3.71. The van der Waals surface area contributed by atoms with E-state index in [1.165, 1.54) is 12.8 Å². The van der Waals surface area contributed by atoms with Crippen molar-refractivity contribution in [2.75, 3.05) is 0 Å². The van der Waals surface area contributed by atoms with Gasteiger partial charge >= 0.3 is 0 Å². The Labute approximate surface area is 102 Å². The lowest BCUT2D eigenvalue weighted by Crippen LogP contribution is -2.42. The minimum atomic E-state index is 0.394. The van der Waals surface area contributed by atoms with Crippen molar-refractivity contribution >= 4 is 5.96 Å². The predicted octanol–water partition coefficient (Wildman–Crippen LogP) is 2.19. The molecule has 17 heavy (non-hydrogen) atoms. The van der Waals surface area contributed by atoms with Gasteiger partial charge in [-0.2, -0.15) is 0 Å². The molecule has 0 bridgehead atoms. The summed E-state index contributed by atoms with van der Waals surface area (Å²) in [6.07, 6.45) is 4.22. The van der Waals surface area contributed by atoms with Gasteiger partial charge in [-0.3, -0.25) is 0 Å². The molecule has 0 saturated heterocycles. The second-order valence-corrected chi connectivity index (χ2v) is 4.88. The highest BCUT2D eigenvalue weighted by Gasteiger charge is 2.22. The van der Waals surface area contributed by atoms with E-state index in [0.717, 1.165) is 17.3 Å². The summed E-state index contributed by atoms with van der Waals surface area (Å²) in [6, 6.07) is 2.99. The maximum Gasteiger partial charge on any atom is 0.192 e. The molecular weight excluding hydrogens is 214 g/mol. The highest BCUT2D eigenvalue weighted by Crippen LogP contribution is 2.18. The van der Waals surface area contributed by atoms with E-state index in [9.17, 15) is 0 Å². The van der Waals surface area contributed by atoms with E-state index in [0.29, 0.717) is 18.6 Å². The van der Waals surface area contributed by atoms with Crippen LogP contribution in [0.25, 0.3) is 0 Å². The zero-order valence-corrected chi connectivity index (χ0v) is 10.8. The number of rotatable bonds is 4. The van der Waals surface area contributed by atoms with Gasteiger partial charge in [0.15, 0.2) is 5.96 Å². The SMILES string of the molecule is Cc1occc1CN=C(NC(C)C)NC1CC1. The largest absolute Gasteiger partial charge is 0.469 e. The van der Waals surface area contributed by atoms with Gasteiger partial charge < -0.3 is 15.1 Å². The van der Waals surface area contributed by atoms with E-state index in [1.807, 2.05) is 13.0 Å². The number of furan rings is 1. The van der Waals surface area contributed by atoms with Gasteiger partial charge in [-0.15, -0.1) is 0 Å². The molecule has 1 aliphatic rings. The fourth-order valence-electron chi connectivity index (χ4n) is 1.57. The fourth-order valence-corrected chi connectivity index (χ4v) is 1.57. The Hall–Kier alpha value is -1.45. The van der Waals surface area contributed by atoms with E-state index in [1.54, 1.807) is 6.26 Å². The van der Waals surface area contributed by atoms with E-state index >= 15 is 0 Å². The third-order valence-electron chi connectivity index (χ3n) is 2.72. The minimum absolute atomic E-state index is 0.394. The smallest absolute Gasteiger partial charge is 0.192 e. The lowest BCUT2D eigenvalue weighted by molar-refractivity contribution is 0.530. The van der Waals surface area contributed by atoms with Crippen LogP contribution in [0.4, 0.5) is 0 Å². The van der Waals surface area contributed by atoms with Crippen LogP contribution in [-0.4, -0.2) is 18.0 Å². The van der Waals surface area contributed by atoms with Crippen LogP contribution in [0.15, 0.2) is 21.7 Å². The number of hydrogen-bond acceptors (Lipinski definition) is 2. The molecular formula is C13H21N3O. The van der Waals surface area contributed by atoms with E-state index in [-0.39, 0.29) is 0 Å². The highest BCUT2D eigenvalue weighted by molar-refractivity contribution is 5.80. The molecule has 0 amide bonds. The monoisotopic (exact) mass is 235 g/mol. The summed E-state index contributed by atoms with van der Waals surface area (Å²) < 4.78 is 5.26. The zero-order chi connectivity index (χ0) is 12.3. The summed E-state index contributed by atoms with van der Waals surface area (Å²) in [5, 5.41) is 6.75. The van der Waals surface area contributed by atoms with Gasteiger partial charge in [0, 0.05) is 17.6 Å². The van der Waals surface area contributed by atoms with Crippen molar-refractivity contribution in [3.05, 3.63) is 23.7 Å². The number of guanidine groups is 1. The molecule has 1 aliphatic carbocycles. The van der Waals surface area contributed by atoms with Crippen LogP contribution >= 0.6 is 0 Å². The molecule has 0 aliphatic heterocycles. The van der Waals surface area contributed by atoms with E-state index in [2.05, 4.69) is 29.5 Å². The standard InChI is InChI=1S/C13H21N3O/c1-9(2)15-13(16-12-4-5-12)14-8-11-6-7-17-10(11)3/h6-7,9,12H,4-5,8H2,1-3H3,(H2,14,15,16). The Balaban J connectivity index is 1.95. The molecule has 0 aromatic carbocycles. The third-order valence-corrected chi connectivity index (χ3v) is 2.72. The molecule has 4 nitrogen and oxygen atoms in total. The molecule has 0 radical (unpaired) electrons. The second kappa shape index (κ2) is 5.25. The summed E-state index contributed by atoms with van der Waals surface area (Å²) in [7, 11) is 0. The van der Waals surface area contributed by atoms with Crippen LogP contribution in [0.1, 0.15) is 38.0 Å². The van der Waals surface area contributed by atoms with Gasteiger partial charge in [-0.25, -0.2) is 4.99 Å². The summed E-state index contributed by atoms with van der Waals surface area (Å²) >= 11 is 0. The average molecular weight is 235 g/mol. The van der Waals surface area contributed by atoms with Gasteiger partial charge in [0.05, 0.1) is 12.8 Å². The number of hydrogen-bond donors (Lipinski definition) is 2. The maximum atomic E-state index is 5.26. The minimum Gasteiger partial charge on any atom is -0.469 e. The first-order valence-electron chi connectivity index (χ1n) is 6.25. The van der Waals surface area contributed by atoms with Gasteiger partial charge in [0.2, 0.25) is 0 Å². The summed E-state index contributed by atoms with van der Waals surface area (Å²) in [4.78, 5) is 4.58. The van der Waals surface area contributed by atoms with Crippen LogP contribution in [0, 0.1) is 6.92 Å².